The molecule has 33 heavy (non-hydrogen) atoms. The lowest BCUT2D eigenvalue weighted by Crippen LogP contribution is -2.29. The van der Waals surface area contributed by atoms with Gasteiger partial charge in [0, 0.05) is 11.5 Å². The van der Waals surface area contributed by atoms with E-state index < -0.39 is 11.9 Å². The Balaban J connectivity index is 1.68. The molecule has 1 amide bonds. The molecule has 0 N–H and O–H groups in total. The molecule has 0 saturated heterocycles. The van der Waals surface area contributed by atoms with Crippen LogP contribution < -0.4 is 15.1 Å². The first-order valence-corrected chi connectivity index (χ1v) is 10.5. The van der Waals surface area contributed by atoms with Gasteiger partial charge in [0.15, 0.2) is 11.2 Å². The molecule has 0 saturated carbocycles. The Morgan fingerprint density at radius 1 is 0.970 bits per heavy atom. The molecular weight excluding hydrogens is 420 g/mol. The van der Waals surface area contributed by atoms with Crippen LogP contribution in [0.25, 0.3) is 21.7 Å². The zero-order valence-electron chi connectivity index (χ0n) is 17.9. The molecule has 1 atom stereocenters. The quantitative estimate of drug-likeness (QED) is 0.369. The normalized spacial score (nSPS) is 15.4. The number of carbonyl (C=O) groups excluding carboxylic acids is 1. The van der Waals surface area contributed by atoms with Gasteiger partial charge >= 0.3 is 0 Å². The van der Waals surface area contributed by atoms with Crippen molar-refractivity contribution in [2.75, 3.05) is 12.0 Å². The highest BCUT2D eigenvalue weighted by Crippen LogP contribution is 2.42. The van der Waals surface area contributed by atoms with Gasteiger partial charge in [-0.15, -0.1) is 0 Å². The first-order valence-electron chi connectivity index (χ1n) is 10.5. The van der Waals surface area contributed by atoms with Crippen molar-refractivity contribution in [2.24, 2.45) is 0 Å². The summed E-state index contributed by atoms with van der Waals surface area (Å²) >= 11 is 0. The third-order valence-corrected chi connectivity index (χ3v) is 6.03. The number of amides is 1. The molecule has 6 rings (SSSR count). The second kappa shape index (κ2) is 7.06. The molecule has 5 aromatic rings. The molecular formula is C26H18N2O5. The molecule has 2 aromatic heterocycles. The van der Waals surface area contributed by atoms with Gasteiger partial charge in [0.25, 0.3) is 5.91 Å². The van der Waals surface area contributed by atoms with Crippen LogP contribution in [0.3, 0.4) is 0 Å². The van der Waals surface area contributed by atoms with Crippen molar-refractivity contribution in [3.05, 3.63) is 99.6 Å². The molecule has 0 aliphatic carbocycles. The Labute approximate surface area is 187 Å². The Hall–Kier alpha value is -4.39. The first-order chi connectivity index (χ1) is 16.1. The van der Waals surface area contributed by atoms with Crippen LogP contribution in [0.2, 0.25) is 0 Å². The lowest BCUT2D eigenvalue weighted by atomic mass is 9.97. The third kappa shape index (κ3) is 2.79. The summed E-state index contributed by atoms with van der Waals surface area (Å²) in [4.78, 5) is 28.9. The maximum Gasteiger partial charge on any atom is 0.296 e. The monoisotopic (exact) mass is 438 g/mol. The predicted molar refractivity (Wildman–Crippen MR) is 123 cm³/mol. The smallest absolute Gasteiger partial charge is 0.296 e. The van der Waals surface area contributed by atoms with Gasteiger partial charge in [0.1, 0.15) is 17.1 Å². The van der Waals surface area contributed by atoms with Crippen LogP contribution in [-0.2, 0) is 0 Å². The molecule has 1 aliphatic heterocycles. The summed E-state index contributed by atoms with van der Waals surface area (Å²) in [6, 6.07) is 19.4. The zero-order valence-corrected chi connectivity index (χ0v) is 17.9. The number of fused-ring (bicyclic) bond motifs is 4. The Kier molecular flexibility index (Phi) is 4.13. The number of aromatic nitrogens is 1. The van der Waals surface area contributed by atoms with Gasteiger partial charge in [-0.1, -0.05) is 47.6 Å². The largest absolute Gasteiger partial charge is 0.497 e. The number of rotatable bonds is 3. The minimum Gasteiger partial charge on any atom is -0.497 e. The van der Waals surface area contributed by atoms with E-state index in [9.17, 15) is 9.59 Å². The number of hydrogen-bond acceptors (Lipinski definition) is 6. The molecule has 1 aliphatic rings. The number of aryl methyl sites for hydroxylation is 1. The molecule has 0 radical (unpaired) electrons. The standard InChI is InChI=1S/C26H18N2O5/c1-14-12-20(27-33-14)28-22(16-7-5-8-17(13-16)31-2)21-23(29)19-11-10-15-6-3-4-9-18(15)24(19)32-25(21)26(28)30/h3-13,22H,1-2H3/t22-/m1/s1. The number of ether oxygens (including phenoxy) is 1. The van der Waals surface area contributed by atoms with Crippen LogP contribution >= 0.6 is 0 Å². The number of benzene rings is 3. The minimum atomic E-state index is -0.737. The fraction of sp³-hybridized carbons (Fsp3) is 0.115. The number of methoxy groups -OCH3 is 1. The second-order valence-electron chi connectivity index (χ2n) is 7.99. The number of anilines is 1. The van der Waals surface area contributed by atoms with E-state index in [1.165, 1.54) is 4.90 Å². The van der Waals surface area contributed by atoms with Gasteiger partial charge in [-0.25, -0.2) is 0 Å². The molecule has 3 heterocycles. The summed E-state index contributed by atoms with van der Waals surface area (Å²) in [7, 11) is 1.57. The van der Waals surface area contributed by atoms with Crippen molar-refractivity contribution in [2.45, 2.75) is 13.0 Å². The molecule has 0 spiro atoms. The highest BCUT2D eigenvalue weighted by Gasteiger charge is 2.45. The third-order valence-electron chi connectivity index (χ3n) is 6.03. The van der Waals surface area contributed by atoms with Gasteiger partial charge in [0.2, 0.25) is 5.76 Å². The van der Waals surface area contributed by atoms with E-state index >= 15 is 0 Å². The highest BCUT2D eigenvalue weighted by atomic mass is 16.5. The van der Waals surface area contributed by atoms with E-state index in [-0.39, 0.29) is 16.8 Å². The number of carbonyl (C=O) groups is 1. The molecule has 3 aromatic carbocycles. The van der Waals surface area contributed by atoms with Gasteiger partial charge in [-0.2, -0.15) is 0 Å². The van der Waals surface area contributed by atoms with Gasteiger partial charge in [-0.3, -0.25) is 14.5 Å². The van der Waals surface area contributed by atoms with E-state index in [2.05, 4.69) is 5.16 Å². The average Bonchev–Trinajstić information content (AvgIpc) is 3.40. The lowest BCUT2D eigenvalue weighted by Gasteiger charge is -2.22. The minimum absolute atomic E-state index is 0.0114. The number of hydrogen-bond donors (Lipinski definition) is 0. The van der Waals surface area contributed by atoms with Crippen LogP contribution in [0, 0.1) is 6.92 Å². The van der Waals surface area contributed by atoms with E-state index in [0.717, 1.165) is 10.8 Å². The number of nitrogens with zero attached hydrogens (tertiary/aromatic N) is 2. The summed E-state index contributed by atoms with van der Waals surface area (Å²) in [6.07, 6.45) is 0. The molecule has 0 unspecified atom stereocenters. The molecule has 162 valence electrons. The van der Waals surface area contributed by atoms with E-state index in [1.807, 2.05) is 42.5 Å². The molecule has 7 nitrogen and oxygen atoms in total. The summed E-state index contributed by atoms with van der Waals surface area (Å²) < 4.78 is 16.8. The maximum absolute atomic E-state index is 13.8. The summed E-state index contributed by atoms with van der Waals surface area (Å²) in [6.45, 7) is 1.74. The Bertz CT molecular complexity index is 1630. The second-order valence-corrected chi connectivity index (χ2v) is 7.99. The highest BCUT2D eigenvalue weighted by molar-refractivity contribution is 6.12. The van der Waals surface area contributed by atoms with E-state index in [1.54, 1.807) is 38.3 Å². The lowest BCUT2D eigenvalue weighted by molar-refractivity contribution is 0.0969. The summed E-state index contributed by atoms with van der Waals surface area (Å²) in [5, 5.41) is 6.17. The van der Waals surface area contributed by atoms with Crippen LogP contribution in [0.4, 0.5) is 5.82 Å². The predicted octanol–water partition coefficient (Wildman–Crippen LogP) is 5.00. The van der Waals surface area contributed by atoms with E-state index in [0.29, 0.717) is 33.9 Å². The van der Waals surface area contributed by atoms with Crippen molar-refractivity contribution >= 4 is 33.5 Å². The zero-order chi connectivity index (χ0) is 22.7. The van der Waals surface area contributed by atoms with Gasteiger partial charge in [-0.05, 0) is 36.1 Å². The van der Waals surface area contributed by atoms with Crippen LogP contribution in [0.1, 0.15) is 33.5 Å². The Morgan fingerprint density at radius 2 is 1.82 bits per heavy atom. The van der Waals surface area contributed by atoms with Crippen molar-refractivity contribution in [1.82, 2.24) is 5.16 Å². The van der Waals surface area contributed by atoms with Crippen LogP contribution in [0.5, 0.6) is 5.75 Å². The van der Waals surface area contributed by atoms with Gasteiger partial charge in [0.05, 0.1) is 24.1 Å². The van der Waals surface area contributed by atoms with Crippen molar-refractivity contribution < 1.29 is 18.5 Å². The van der Waals surface area contributed by atoms with Crippen molar-refractivity contribution in [1.29, 1.82) is 0 Å². The molecule has 0 bridgehead atoms. The summed E-state index contributed by atoms with van der Waals surface area (Å²) in [5.74, 6) is 1.04. The van der Waals surface area contributed by atoms with Crippen LogP contribution in [0.15, 0.2) is 80.5 Å². The fourth-order valence-electron chi connectivity index (χ4n) is 4.53. The van der Waals surface area contributed by atoms with E-state index in [4.69, 9.17) is 13.7 Å². The fourth-order valence-corrected chi connectivity index (χ4v) is 4.53. The SMILES string of the molecule is COc1cccc([C@@H]2c3c(oc4c(ccc5ccccc54)c3=O)C(=O)N2c2cc(C)on2)c1. The first kappa shape index (κ1) is 19.3. The van der Waals surface area contributed by atoms with Gasteiger partial charge < -0.3 is 13.7 Å². The van der Waals surface area contributed by atoms with Crippen LogP contribution in [-0.4, -0.2) is 18.2 Å². The Morgan fingerprint density at radius 3 is 2.61 bits per heavy atom. The van der Waals surface area contributed by atoms with Crippen molar-refractivity contribution in [3.8, 4) is 5.75 Å². The molecule has 7 heteroatoms. The van der Waals surface area contributed by atoms with Crippen molar-refractivity contribution in [3.63, 3.8) is 0 Å². The average molecular weight is 438 g/mol. The molecule has 0 fully saturated rings. The maximum atomic E-state index is 13.8. The summed E-state index contributed by atoms with van der Waals surface area (Å²) in [5.41, 5.74) is 1.12. The topological polar surface area (TPSA) is 85.8 Å².